The van der Waals surface area contributed by atoms with Crippen molar-refractivity contribution in [3.05, 3.63) is 53.4 Å². The van der Waals surface area contributed by atoms with Crippen LogP contribution < -0.4 is 10.6 Å². The maximum atomic E-state index is 14.6. The quantitative estimate of drug-likeness (QED) is 0.246. The SMILES string of the molecule is CN1CCN(CC2CC(C(=O)Nc3cc(Nc4cc(-c5cc(Cl)ccc5F)nnc4SCCO)ccn3)C2)C[C@@]12CC2CF. The maximum absolute atomic E-state index is 14.6. The van der Waals surface area contributed by atoms with Crippen molar-refractivity contribution in [2.45, 2.75) is 29.8 Å². The number of carbonyl (C=O) groups is 1. The van der Waals surface area contributed by atoms with E-state index in [-0.39, 0.29) is 42.1 Å². The molecule has 1 aromatic carbocycles. The maximum Gasteiger partial charge on any atom is 0.228 e. The molecule has 2 atom stereocenters. The third kappa shape index (κ3) is 6.69. The summed E-state index contributed by atoms with van der Waals surface area (Å²) in [5.41, 5.74) is 1.74. The number of aliphatic hydroxyl groups is 1. The molecular weight excluding hydrogens is 608 g/mol. The van der Waals surface area contributed by atoms with E-state index < -0.39 is 5.82 Å². The number of carbonyl (C=O) groups excluding carboxylic acids is 1. The molecule has 2 aromatic heterocycles. The van der Waals surface area contributed by atoms with Crippen LogP contribution in [-0.2, 0) is 4.79 Å². The molecule has 3 fully saturated rings. The standard InChI is InChI=1S/C31H36ClF2N7O2S/c1-40-6-7-41(18-31(40)15-21(31)16-33)17-19-10-20(11-19)29(43)37-28-13-23(4-5-35-28)36-27-14-26(38-39-30(27)44-9-8-42)24-12-22(32)2-3-25(24)34/h2-5,12-14,19-21,42H,6-11,15-18H2,1H3,(H2,35,36,37,38,43)/t19?,20?,21?,31-/m1/s1. The van der Waals surface area contributed by atoms with Crippen molar-refractivity contribution < 1.29 is 18.7 Å². The van der Waals surface area contributed by atoms with Crippen LogP contribution in [0.5, 0.6) is 0 Å². The van der Waals surface area contributed by atoms with Gasteiger partial charge in [-0.25, -0.2) is 9.37 Å². The number of aliphatic hydroxyl groups excluding tert-OH is 1. The van der Waals surface area contributed by atoms with Gasteiger partial charge in [-0.05, 0) is 62.6 Å². The van der Waals surface area contributed by atoms with Gasteiger partial charge in [0.25, 0.3) is 0 Å². The molecule has 1 unspecified atom stereocenters. The molecule has 1 aliphatic heterocycles. The third-order valence-electron chi connectivity index (χ3n) is 9.10. The number of aromatic nitrogens is 3. The van der Waals surface area contributed by atoms with E-state index in [1.165, 1.54) is 30.0 Å². The monoisotopic (exact) mass is 643 g/mol. The Morgan fingerprint density at radius 1 is 1.20 bits per heavy atom. The summed E-state index contributed by atoms with van der Waals surface area (Å²) >= 11 is 7.40. The first kappa shape index (κ1) is 31.1. The molecule has 0 radical (unpaired) electrons. The summed E-state index contributed by atoms with van der Waals surface area (Å²) in [5.74, 6) is 0.844. The molecule has 1 spiro atoms. The van der Waals surface area contributed by atoms with Crippen LogP contribution in [0.25, 0.3) is 11.3 Å². The zero-order valence-electron chi connectivity index (χ0n) is 24.5. The van der Waals surface area contributed by atoms with E-state index in [2.05, 4.69) is 42.7 Å². The Hall–Kier alpha value is -2.90. The lowest BCUT2D eigenvalue weighted by molar-refractivity contribution is -0.124. The van der Waals surface area contributed by atoms with E-state index in [4.69, 9.17) is 11.6 Å². The summed E-state index contributed by atoms with van der Waals surface area (Å²) in [6.07, 6.45) is 4.19. The number of anilines is 3. The second-order valence-corrected chi connectivity index (χ2v) is 13.6. The van der Waals surface area contributed by atoms with Gasteiger partial charge in [-0.3, -0.25) is 19.0 Å². The Balaban J connectivity index is 1.07. The van der Waals surface area contributed by atoms with Crippen LogP contribution in [0.2, 0.25) is 5.02 Å². The third-order valence-corrected chi connectivity index (χ3v) is 10.3. The van der Waals surface area contributed by atoms with Gasteiger partial charge in [-0.1, -0.05) is 11.6 Å². The minimum absolute atomic E-state index is 0.00980. The number of piperazine rings is 1. The van der Waals surface area contributed by atoms with E-state index in [0.29, 0.717) is 44.6 Å². The first-order chi connectivity index (χ1) is 21.3. The highest BCUT2D eigenvalue weighted by atomic mass is 35.5. The summed E-state index contributed by atoms with van der Waals surface area (Å²) in [6.45, 7) is 3.52. The van der Waals surface area contributed by atoms with Crippen molar-refractivity contribution in [3.63, 3.8) is 0 Å². The number of amides is 1. The van der Waals surface area contributed by atoms with Gasteiger partial charge in [0.1, 0.15) is 16.7 Å². The number of likely N-dealkylation sites (N-methyl/N-ethyl adjacent to an activating group) is 1. The van der Waals surface area contributed by atoms with Crippen LogP contribution in [0.4, 0.5) is 26.0 Å². The highest BCUT2D eigenvalue weighted by Gasteiger charge is 2.59. The van der Waals surface area contributed by atoms with Crippen molar-refractivity contribution in [1.82, 2.24) is 25.0 Å². The van der Waals surface area contributed by atoms with Crippen LogP contribution in [0.1, 0.15) is 19.3 Å². The average molecular weight is 644 g/mol. The Labute approximate surface area is 264 Å². The van der Waals surface area contributed by atoms with Gasteiger partial charge >= 0.3 is 0 Å². The number of benzene rings is 1. The summed E-state index contributed by atoms with van der Waals surface area (Å²) in [4.78, 5) is 22.2. The average Bonchev–Trinajstić information content (AvgIpc) is 3.70. The molecule has 0 bridgehead atoms. The number of hydrogen-bond acceptors (Lipinski definition) is 9. The summed E-state index contributed by atoms with van der Waals surface area (Å²) in [5, 5.41) is 24.9. The van der Waals surface area contributed by atoms with Crippen molar-refractivity contribution in [2.24, 2.45) is 17.8 Å². The number of halogens is 3. The van der Waals surface area contributed by atoms with Crippen LogP contribution in [-0.4, -0.2) is 93.8 Å². The van der Waals surface area contributed by atoms with Crippen LogP contribution >= 0.6 is 23.4 Å². The highest BCUT2D eigenvalue weighted by molar-refractivity contribution is 7.99. The lowest BCUT2D eigenvalue weighted by Crippen LogP contribution is -2.56. The van der Waals surface area contributed by atoms with Gasteiger partial charge in [-0.2, -0.15) is 0 Å². The number of alkyl halides is 1. The molecule has 3 aromatic rings. The molecule has 2 aliphatic carbocycles. The number of nitrogens with one attached hydrogen (secondary N) is 2. The smallest absolute Gasteiger partial charge is 0.228 e. The predicted molar refractivity (Wildman–Crippen MR) is 168 cm³/mol. The van der Waals surface area contributed by atoms with Gasteiger partial charge in [-0.15, -0.1) is 22.0 Å². The normalized spacial score (nSPS) is 25.1. The van der Waals surface area contributed by atoms with Crippen LogP contribution in [0, 0.1) is 23.6 Å². The van der Waals surface area contributed by atoms with E-state index >= 15 is 0 Å². The molecule has 6 rings (SSSR count). The van der Waals surface area contributed by atoms with Gasteiger partial charge in [0.05, 0.1) is 24.7 Å². The topological polar surface area (TPSA) is 107 Å². The molecule has 1 amide bonds. The Bertz CT molecular complexity index is 1510. The van der Waals surface area contributed by atoms with E-state index in [9.17, 15) is 18.7 Å². The van der Waals surface area contributed by atoms with Crippen molar-refractivity contribution in [3.8, 4) is 11.3 Å². The molecule has 3 heterocycles. The minimum Gasteiger partial charge on any atom is -0.396 e. The number of rotatable bonds is 11. The Morgan fingerprint density at radius 3 is 2.82 bits per heavy atom. The molecule has 234 valence electrons. The zero-order chi connectivity index (χ0) is 30.8. The van der Waals surface area contributed by atoms with Gasteiger partial charge in [0.15, 0.2) is 0 Å². The molecular formula is C31H36ClF2N7O2S. The summed E-state index contributed by atoms with van der Waals surface area (Å²) in [7, 11) is 2.11. The van der Waals surface area contributed by atoms with Gasteiger partial charge in [0, 0.05) is 77.8 Å². The van der Waals surface area contributed by atoms with Crippen LogP contribution in [0.15, 0.2) is 47.6 Å². The summed E-state index contributed by atoms with van der Waals surface area (Å²) < 4.78 is 27.9. The second kappa shape index (κ2) is 13.2. The minimum atomic E-state index is -0.474. The highest BCUT2D eigenvalue weighted by Crippen LogP contribution is 2.50. The molecule has 13 heteroatoms. The van der Waals surface area contributed by atoms with E-state index in [1.54, 1.807) is 24.4 Å². The van der Waals surface area contributed by atoms with E-state index in [1.807, 2.05) is 0 Å². The molecule has 44 heavy (non-hydrogen) atoms. The lowest BCUT2D eigenvalue weighted by atomic mass is 9.74. The molecule has 3 N–H and O–H groups in total. The van der Waals surface area contributed by atoms with E-state index in [0.717, 1.165) is 45.4 Å². The van der Waals surface area contributed by atoms with Crippen molar-refractivity contribution in [2.75, 3.05) is 62.9 Å². The fourth-order valence-electron chi connectivity index (χ4n) is 6.45. The van der Waals surface area contributed by atoms with Crippen molar-refractivity contribution in [1.29, 1.82) is 0 Å². The summed E-state index contributed by atoms with van der Waals surface area (Å²) in [6, 6.07) is 9.41. The lowest BCUT2D eigenvalue weighted by Gasteiger charge is -2.44. The molecule has 3 aliphatic rings. The molecule has 9 nitrogen and oxygen atoms in total. The molecule has 2 saturated carbocycles. The number of thioether (sulfide) groups is 1. The Kier molecular flexibility index (Phi) is 9.34. The number of hydrogen-bond donors (Lipinski definition) is 3. The largest absolute Gasteiger partial charge is 0.396 e. The fraction of sp³-hybridized carbons (Fsp3) is 0.484. The van der Waals surface area contributed by atoms with Gasteiger partial charge in [0.2, 0.25) is 5.91 Å². The Morgan fingerprint density at radius 2 is 2.05 bits per heavy atom. The van der Waals surface area contributed by atoms with Crippen molar-refractivity contribution >= 4 is 46.5 Å². The first-order valence-electron chi connectivity index (χ1n) is 14.9. The first-order valence-corrected chi connectivity index (χ1v) is 16.2. The fourth-order valence-corrected chi connectivity index (χ4v) is 7.27. The van der Waals surface area contributed by atoms with Gasteiger partial charge < -0.3 is 15.7 Å². The van der Waals surface area contributed by atoms with Crippen LogP contribution in [0.3, 0.4) is 0 Å². The number of pyridine rings is 1. The molecule has 1 saturated heterocycles. The predicted octanol–water partition coefficient (Wildman–Crippen LogP) is 5.10. The zero-order valence-corrected chi connectivity index (χ0v) is 26.1. The number of nitrogens with zero attached hydrogens (tertiary/aromatic N) is 5. The second-order valence-electron chi connectivity index (χ2n) is 12.0.